The average Bonchev–Trinajstić information content (AvgIpc) is 2.05. The first-order valence-corrected chi connectivity index (χ1v) is 4.66. The van der Waals surface area contributed by atoms with Crippen molar-refractivity contribution in [1.29, 1.82) is 0 Å². The molecule has 1 aliphatic rings. The maximum absolute atomic E-state index is 10.7. The molecule has 0 heterocycles. The van der Waals surface area contributed by atoms with Gasteiger partial charge in [0.1, 0.15) is 0 Å². The Hall–Kier alpha value is -0.570. The van der Waals surface area contributed by atoms with Crippen molar-refractivity contribution in [3.63, 3.8) is 0 Å². The Morgan fingerprint density at radius 1 is 1.17 bits per heavy atom. The molecule has 0 aromatic heterocycles. The van der Waals surface area contributed by atoms with E-state index in [1.165, 1.54) is 12.8 Å². The van der Waals surface area contributed by atoms with E-state index in [4.69, 9.17) is 0 Å². The third-order valence-corrected chi connectivity index (χ3v) is 2.54. The van der Waals surface area contributed by atoms with Crippen LogP contribution in [0.3, 0.4) is 0 Å². The summed E-state index contributed by atoms with van der Waals surface area (Å²) in [6.07, 6.45) is 4.60. The van der Waals surface area contributed by atoms with Crippen LogP contribution in [0.2, 0.25) is 0 Å². The molecule has 70 valence electrons. The highest BCUT2D eigenvalue weighted by Crippen LogP contribution is 2.17. The second-order valence-electron chi connectivity index (χ2n) is 3.54. The summed E-state index contributed by atoms with van der Waals surface area (Å²) in [5, 5.41) is 6.22. The fourth-order valence-electron chi connectivity index (χ4n) is 1.81. The van der Waals surface area contributed by atoms with E-state index < -0.39 is 0 Å². The van der Waals surface area contributed by atoms with E-state index >= 15 is 0 Å². The summed E-state index contributed by atoms with van der Waals surface area (Å²) < 4.78 is 0. The fraction of sp³-hybridized carbons (Fsp3) is 0.889. The molecule has 0 radical (unpaired) electrons. The van der Waals surface area contributed by atoms with Gasteiger partial charge in [0.15, 0.2) is 0 Å². The molecule has 3 heteroatoms. The number of rotatable bonds is 2. The molecular formula is C9H18N2O. The standard InChI is InChI=1S/C9H18N2O/c1-7(12)11-9-5-3-8(10-2)4-6-9/h8-10H,3-6H2,1-2H3,(H,11,12)/t8-,9+. The van der Waals surface area contributed by atoms with Crippen LogP contribution in [0.1, 0.15) is 32.6 Å². The monoisotopic (exact) mass is 170 g/mol. The van der Waals surface area contributed by atoms with Gasteiger partial charge < -0.3 is 10.6 Å². The van der Waals surface area contributed by atoms with Gasteiger partial charge in [-0.3, -0.25) is 4.79 Å². The van der Waals surface area contributed by atoms with Crippen LogP contribution in [-0.2, 0) is 4.79 Å². The third-order valence-electron chi connectivity index (χ3n) is 2.54. The van der Waals surface area contributed by atoms with Gasteiger partial charge in [0.05, 0.1) is 0 Å². The van der Waals surface area contributed by atoms with Crippen molar-refractivity contribution < 1.29 is 4.79 Å². The Kier molecular flexibility index (Phi) is 3.53. The number of hydrogen-bond acceptors (Lipinski definition) is 2. The lowest BCUT2D eigenvalue weighted by Crippen LogP contribution is -2.40. The van der Waals surface area contributed by atoms with Gasteiger partial charge in [0, 0.05) is 19.0 Å². The van der Waals surface area contributed by atoms with Gasteiger partial charge in [-0.25, -0.2) is 0 Å². The summed E-state index contributed by atoms with van der Waals surface area (Å²) in [6, 6.07) is 1.09. The molecule has 0 atom stereocenters. The zero-order chi connectivity index (χ0) is 8.97. The zero-order valence-electron chi connectivity index (χ0n) is 7.89. The quantitative estimate of drug-likeness (QED) is 0.639. The molecule has 0 saturated heterocycles. The first-order chi connectivity index (χ1) is 5.72. The van der Waals surface area contributed by atoms with Gasteiger partial charge in [-0.05, 0) is 32.7 Å². The SMILES string of the molecule is CN[C@H]1CC[C@@H](NC(C)=O)CC1. The van der Waals surface area contributed by atoms with Crippen LogP contribution in [0.4, 0.5) is 0 Å². The van der Waals surface area contributed by atoms with Crippen molar-refractivity contribution in [2.45, 2.75) is 44.7 Å². The Labute approximate surface area is 73.9 Å². The van der Waals surface area contributed by atoms with Gasteiger partial charge in [-0.1, -0.05) is 0 Å². The summed E-state index contributed by atoms with van der Waals surface area (Å²) >= 11 is 0. The highest BCUT2D eigenvalue weighted by atomic mass is 16.1. The maximum Gasteiger partial charge on any atom is 0.217 e. The molecule has 1 fully saturated rings. The van der Waals surface area contributed by atoms with Gasteiger partial charge in [0.2, 0.25) is 5.91 Å². The molecule has 0 aliphatic heterocycles. The van der Waals surface area contributed by atoms with E-state index in [-0.39, 0.29) is 5.91 Å². The Morgan fingerprint density at radius 2 is 1.67 bits per heavy atom. The molecule has 0 aromatic carbocycles. The molecule has 12 heavy (non-hydrogen) atoms. The predicted octanol–water partition coefficient (Wildman–Crippen LogP) is 0.653. The number of carbonyl (C=O) groups is 1. The van der Waals surface area contributed by atoms with Crippen LogP contribution in [0.25, 0.3) is 0 Å². The van der Waals surface area contributed by atoms with Crippen LogP contribution < -0.4 is 10.6 Å². The van der Waals surface area contributed by atoms with Crippen molar-refractivity contribution in [3.05, 3.63) is 0 Å². The summed E-state index contributed by atoms with van der Waals surface area (Å²) in [6.45, 7) is 1.59. The van der Waals surface area contributed by atoms with Gasteiger partial charge in [0.25, 0.3) is 0 Å². The molecule has 2 N–H and O–H groups in total. The number of hydrogen-bond donors (Lipinski definition) is 2. The minimum Gasteiger partial charge on any atom is -0.354 e. The van der Waals surface area contributed by atoms with E-state index in [0.29, 0.717) is 12.1 Å². The van der Waals surface area contributed by atoms with Crippen LogP contribution in [0.15, 0.2) is 0 Å². The number of nitrogens with one attached hydrogen (secondary N) is 2. The number of carbonyl (C=O) groups excluding carboxylic acids is 1. The highest BCUT2D eigenvalue weighted by Gasteiger charge is 2.19. The van der Waals surface area contributed by atoms with Crippen LogP contribution >= 0.6 is 0 Å². The predicted molar refractivity (Wildman–Crippen MR) is 48.9 cm³/mol. The second kappa shape index (κ2) is 4.45. The Balaban J connectivity index is 2.21. The van der Waals surface area contributed by atoms with Crippen LogP contribution in [0.5, 0.6) is 0 Å². The molecule has 1 amide bonds. The molecular weight excluding hydrogens is 152 g/mol. The topological polar surface area (TPSA) is 41.1 Å². The van der Waals surface area contributed by atoms with Gasteiger partial charge in [-0.2, -0.15) is 0 Å². The van der Waals surface area contributed by atoms with E-state index in [9.17, 15) is 4.79 Å². The van der Waals surface area contributed by atoms with Crippen LogP contribution in [0, 0.1) is 0 Å². The lowest BCUT2D eigenvalue weighted by atomic mass is 9.91. The minimum atomic E-state index is 0.0999. The van der Waals surface area contributed by atoms with E-state index in [2.05, 4.69) is 10.6 Å². The zero-order valence-corrected chi connectivity index (χ0v) is 7.89. The third kappa shape index (κ3) is 2.81. The normalized spacial score (nSPS) is 29.8. The summed E-state index contributed by atoms with van der Waals surface area (Å²) in [5.74, 6) is 0.0999. The first kappa shape index (κ1) is 9.52. The number of amides is 1. The summed E-state index contributed by atoms with van der Waals surface area (Å²) in [4.78, 5) is 10.7. The molecule has 3 nitrogen and oxygen atoms in total. The van der Waals surface area contributed by atoms with Crippen molar-refractivity contribution in [3.8, 4) is 0 Å². The Morgan fingerprint density at radius 3 is 2.08 bits per heavy atom. The van der Waals surface area contributed by atoms with Gasteiger partial charge >= 0.3 is 0 Å². The molecule has 1 aliphatic carbocycles. The van der Waals surface area contributed by atoms with Crippen molar-refractivity contribution in [2.75, 3.05) is 7.05 Å². The molecule has 0 spiro atoms. The van der Waals surface area contributed by atoms with E-state index in [1.54, 1.807) is 6.92 Å². The van der Waals surface area contributed by atoms with Crippen molar-refractivity contribution >= 4 is 5.91 Å². The smallest absolute Gasteiger partial charge is 0.217 e. The lowest BCUT2D eigenvalue weighted by molar-refractivity contribution is -0.119. The second-order valence-corrected chi connectivity index (χ2v) is 3.54. The van der Waals surface area contributed by atoms with E-state index in [1.807, 2.05) is 7.05 Å². The molecule has 0 bridgehead atoms. The van der Waals surface area contributed by atoms with Crippen molar-refractivity contribution in [2.24, 2.45) is 0 Å². The summed E-state index contributed by atoms with van der Waals surface area (Å²) in [5.41, 5.74) is 0. The van der Waals surface area contributed by atoms with E-state index in [0.717, 1.165) is 12.8 Å². The maximum atomic E-state index is 10.7. The Bertz CT molecular complexity index is 151. The molecule has 1 rings (SSSR count). The highest BCUT2D eigenvalue weighted by molar-refractivity contribution is 5.73. The fourth-order valence-corrected chi connectivity index (χ4v) is 1.81. The molecule has 0 unspecified atom stereocenters. The molecule has 0 aromatic rings. The largest absolute Gasteiger partial charge is 0.354 e. The lowest BCUT2D eigenvalue weighted by Gasteiger charge is -2.28. The first-order valence-electron chi connectivity index (χ1n) is 4.66. The van der Waals surface area contributed by atoms with Crippen molar-refractivity contribution in [1.82, 2.24) is 10.6 Å². The summed E-state index contributed by atoms with van der Waals surface area (Å²) in [7, 11) is 2.00. The molecule has 1 saturated carbocycles. The van der Waals surface area contributed by atoms with Gasteiger partial charge in [-0.15, -0.1) is 0 Å². The minimum absolute atomic E-state index is 0.0999. The van der Waals surface area contributed by atoms with Crippen LogP contribution in [-0.4, -0.2) is 25.0 Å². The average molecular weight is 170 g/mol.